The average molecular weight is 377 g/mol. The van der Waals surface area contributed by atoms with Crippen LogP contribution in [0, 0.1) is 5.92 Å². The zero-order valence-electron chi connectivity index (χ0n) is 16.4. The summed E-state index contributed by atoms with van der Waals surface area (Å²) in [7, 11) is 0. The van der Waals surface area contributed by atoms with Gasteiger partial charge in [-0.2, -0.15) is 5.10 Å². The fourth-order valence-corrected chi connectivity index (χ4v) is 5.04. The smallest absolute Gasteiger partial charge is 0.223 e. The van der Waals surface area contributed by atoms with Crippen molar-refractivity contribution in [2.24, 2.45) is 5.92 Å². The molecule has 3 aliphatic rings. The monoisotopic (exact) mass is 376 g/mol. The van der Waals surface area contributed by atoms with Gasteiger partial charge in [-0.05, 0) is 74.1 Å². The van der Waals surface area contributed by atoms with Gasteiger partial charge in [-0.1, -0.05) is 24.3 Å². The Hall–Kier alpha value is -2.43. The van der Waals surface area contributed by atoms with Crippen molar-refractivity contribution < 1.29 is 4.79 Å². The zero-order valence-corrected chi connectivity index (χ0v) is 16.4. The van der Waals surface area contributed by atoms with Crippen LogP contribution in [0.5, 0.6) is 0 Å². The Labute approximate surface area is 166 Å². The second-order valence-electron chi connectivity index (χ2n) is 8.44. The standard InChI is InChI=1S/C23H28N4O/c28-23(24-21-10-3-6-16-5-1-2-8-19(16)21)17-11-13-27(14-12-17)22-15-18-7-4-9-20(18)25-26-22/h1-2,5,8,15,17,21H,3-4,6-7,9-14H2,(H,24,28)/t21-/m1/s1. The maximum atomic E-state index is 12.9. The molecule has 146 valence electrons. The van der Waals surface area contributed by atoms with Crippen molar-refractivity contribution >= 4 is 11.7 Å². The van der Waals surface area contributed by atoms with Gasteiger partial charge in [0.05, 0.1) is 11.7 Å². The van der Waals surface area contributed by atoms with E-state index in [1.165, 1.54) is 28.8 Å². The number of fused-ring (bicyclic) bond motifs is 2. The van der Waals surface area contributed by atoms with Crippen molar-refractivity contribution in [2.75, 3.05) is 18.0 Å². The van der Waals surface area contributed by atoms with Gasteiger partial charge in [-0.3, -0.25) is 4.79 Å². The maximum Gasteiger partial charge on any atom is 0.223 e. The van der Waals surface area contributed by atoms with Crippen molar-refractivity contribution in [3.63, 3.8) is 0 Å². The van der Waals surface area contributed by atoms with Gasteiger partial charge in [0.2, 0.25) is 5.91 Å². The molecule has 0 spiro atoms. The van der Waals surface area contributed by atoms with E-state index in [0.717, 1.165) is 63.9 Å². The SMILES string of the molecule is O=C(N[C@@H]1CCCc2ccccc21)C1CCN(c2cc3c(nn2)CCC3)CC1. The van der Waals surface area contributed by atoms with Crippen LogP contribution < -0.4 is 10.2 Å². The summed E-state index contributed by atoms with van der Waals surface area (Å²) >= 11 is 0. The first-order chi connectivity index (χ1) is 13.8. The molecule has 5 heteroatoms. The molecule has 1 aromatic heterocycles. The minimum atomic E-state index is 0.104. The Kier molecular flexibility index (Phi) is 4.75. The molecule has 0 radical (unpaired) electrons. The number of aromatic nitrogens is 2. The lowest BCUT2D eigenvalue weighted by Gasteiger charge is -2.33. The number of hydrogen-bond acceptors (Lipinski definition) is 4. The van der Waals surface area contributed by atoms with E-state index >= 15 is 0 Å². The molecular weight excluding hydrogens is 348 g/mol. The summed E-state index contributed by atoms with van der Waals surface area (Å²) in [4.78, 5) is 15.2. The number of aryl methyl sites for hydroxylation is 3. The van der Waals surface area contributed by atoms with Crippen molar-refractivity contribution in [3.8, 4) is 0 Å². The van der Waals surface area contributed by atoms with Gasteiger partial charge in [0.25, 0.3) is 0 Å². The molecule has 1 aromatic carbocycles. The van der Waals surface area contributed by atoms with E-state index in [9.17, 15) is 4.79 Å². The van der Waals surface area contributed by atoms with E-state index < -0.39 is 0 Å². The summed E-state index contributed by atoms with van der Waals surface area (Å²) in [5.74, 6) is 1.31. The summed E-state index contributed by atoms with van der Waals surface area (Å²) in [6.07, 6.45) is 8.49. The molecule has 2 aliphatic carbocycles. The number of nitrogens with zero attached hydrogens (tertiary/aromatic N) is 3. The molecular formula is C23H28N4O. The highest BCUT2D eigenvalue weighted by molar-refractivity contribution is 5.79. The first-order valence-corrected chi connectivity index (χ1v) is 10.8. The van der Waals surface area contributed by atoms with E-state index in [1.54, 1.807) is 0 Å². The third-order valence-corrected chi connectivity index (χ3v) is 6.68. The first-order valence-electron chi connectivity index (χ1n) is 10.8. The van der Waals surface area contributed by atoms with Gasteiger partial charge in [0.15, 0.2) is 5.82 Å². The van der Waals surface area contributed by atoms with Crippen LogP contribution in [0.2, 0.25) is 0 Å². The highest BCUT2D eigenvalue weighted by Crippen LogP contribution is 2.31. The molecule has 1 N–H and O–H groups in total. The third-order valence-electron chi connectivity index (χ3n) is 6.68. The number of benzene rings is 1. The normalized spacial score (nSPS) is 21.9. The number of rotatable bonds is 3. The quantitative estimate of drug-likeness (QED) is 0.892. The maximum absolute atomic E-state index is 12.9. The lowest BCUT2D eigenvalue weighted by atomic mass is 9.87. The van der Waals surface area contributed by atoms with Crippen LogP contribution in [0.25, 0.3) is 0 Å². The van der Waals surface area contributed by atoms with E-state index in [-0.39, 0.29) is 17.9 Å². The van der Waals surface area contributed by atoms with Crippen molar-refractivity contribution in [2.45, 2.75) is 57.4 Å². The molecule has 1 amide bonds. The molecule has 0 saturated carbocycles. The fraction of sp³-hybridized carbons (Fsp3) is 0.522. The minimum Gasteiger partial charge on any atom is -0.355 e. The van der Waals surface area contributed by atoms with Gasteiger partial charge >= 0.3 is 0 Å². The first kappa shape index (κ1) is 17.7. The topological polar surface area (TPSA) is 58.1 Å². The Bertz CT molecular complexity index is 873. The molecule has 2 heterocycles. The Morgan fingerprint density at radius 2 is 1.79 bits per heavy atom. The lowest BCUT2D eigenvalue weighted by Crippen LogP contribution is -2.42. The summed E-state index contributed by atoms with van der Waals surface area (Å²) in [6, 6.07) is 10.9. The Morgan fingerprint density at radius 3 is 2.68 bits per heavy atom. The highest BCUT2D eigenvalue weighted by atomic mass is 16.1. The summed E-state index contributed by atoms with van der Waals surface area (Å²) in [5.41, 5.74) is 5.24. The van der Waals surface area contributed by atoms with Gasteiger partial charge in [-0.15, -0.1) is 5.10 Å². The van der Waals surface area contributed by atoms with Crippen molar-refractivity contribution in [1.29, 1.82) is 0 Å². The van der Waals surface area contributed by atoms with Crippen molar-refractivity contribution in [1.82, 2.24) is 15.5 Å². The molecule has 5 nitrogen and oxygen atoms in total. The fourth-order valence-electron chi connectivity index (χ4n) is 5.04. The Balaban J connectivity index is 1.20. The summed E-state index contributed by atoms with van der Waals surface area (Å²) in [5, 5.41) is 12.2. The van der Waals surface area contributed by atoms with Crippen LogP contribution in [0.4, 0.5) is 5.82 Å². The molecule has 0 bridgehead atoms. The number of amides is 1. The van der Waals surface area contributed by atoms with E-state index in [1.807, 2.05) is 0 Å². The predicted octanol–water partition coefficient (Wildman–Crippen LogP) is 3.38. The highest BCUT2D eigenvalue weighted by Gasteiger charge is 2.29. The number of hydrogen-bond donors (Lipinski definition) is 1. The van der Waals surface area contributed by atoms with Gasteiger partial charge in [0.1, 0.15) is 0 Å². The predicted molar refractivity (Wildman–Crippen MR) is 109 cm³/mol. The molecule has 1 fully saturated rings. The number of carbonyl (C=O) groups is 1. The second kappa shape index (κ2) is 7.53. The lowest BCUT2D eigenvalue weighted by molar-refractivity contribution is -0.126. The van der Waals surface area contributed by atoms with Gasteiger partial charge in [0, 0.05) is 19.0 Å². The molecule has 1 atom stereocenters. The Morgan fingerprint density at radius 1 is 0.964 bits per heavy atom. The zero-order chi connectivity index (χ0) is 18.9. The number of carbonyl (C=O) groups excluding carboxylic acids is 1. The molecule has 2 aromatic rings. The number of nitrogens with one attached hydrogen (secondary N) is 1. The van der Waals surface area contributed by atoms with Crippen LogP contribution in [-0.4, -0.2) is 29.2 Å². The van der Waals surface area contributed by atoms with Gasteiger partial charge in [-0.25, -0.2) is 0 Å². The molecule has 0 unspecified atom stereocenters. The van der Waals surface area contributed by atoms with Crippen molar-refractivity contribution in [3.05, 3.63) is 52.7 Å². The van der Waals surface area contributed by atoms with Crippen LogP contribution >= 0.6 is 0 Å². The average Bonchev–Trinajstić information content (AvgIpc) is 3.22. The third kappa shape index (κ3) is 3.38. The van der Waals surface area contributed by atoms with Crippen LogP contribution in [0.15, 0.2) is 30.3 Å². The van der Waals surface area contributed by atoms with E-state index in [2.05, 4.69) is 50.7 Å². The minimum absolute atomic E-state index is 0.104. The summed E-state index contributed by atoms with van der Waals surface area (Å²) < 4.78 is 0. The number of piperidine rings is 1. The summed E-state index contributed by atoms with van der Waals surface area (Å²) in [6.45, 7) is 1.76. The van der Waals surface area contributed by atoms with Crippen LogP contribution in [0.1, 0.15) is 60.5 Å². The van der Waals surface area contributed by atoms with E-state index in [0.29, 0.717) is 0 Å². The largest absolute Gasteiger partial charge is 0.355 e. The molecule has 1 saturated heterocycles. The molecule has 5 rings (SSSR count). The second-order valence-corrected chi connectivity index (χ2v) is 8.44. The van der Waals surface area contributed by atoms with E-state index in [4.69, 9.17) is 0 Å². The molecule has 28 heavy (non-hydrogen) atoms. The number of anilines is 1. The molecule has 1 aliphatic heterocycles. The van der Waals surface area contributed by atoms with Crippen LogP contribution in [-0.2, 0) is 24.1 Å². The van der Waals surface area contributed by atoms with Gasteiger partial charge < -0.3 is 10.2 Å². The van der Waals surface area contributed by atoms with Crippen LogP contribution in [0.3, 0.4) is 0 Å².